The number of methoxy groups -OCH3 is 1. The number of hydrogen-bond acceptors (Lipinski definition) is 5. The van der Waals surface area contributed by atoms with Gasteiger partial charge in [0.05, 0.1) is 25.6 Å². The van der Waals surface area contributed by atoms with E-state index in [0.29, 0.717) is 12.5 Å². The highest BCUT2D eigenvalue weighted by Gasteiger charge is 2.26. The molecule has 1 atom stereocenters. The third-order valence-corrected chi connectivity index (χ3v) is 5.77. The first kappa shape index (κ1) is 19.5. The largest absolute Gasteiger partial charge is 0.493 e. The Hall–Kier alpha value is -2.80. The zero-order valence-corrected chi connectivity index (χ0v) is 17.4. The van der Waals surface area contributed by atoms with Crippen LogP contribution in [0.15, 0.2) is 36.5 Å². The Labute approximate surface area is 171 Å². The number of aromatic nitrogens is 4. The van der Waals surface area contributed by atoms with Crippen molar-refractivity contribution < 1.29 is 9.47 Å². The van der Waals surface area contributed by atoms with Crippen molar-refractivity contribution in [1.29, 1.82) is 0 Å². The van der Waals surface area contributed by atoms with E-state index >= 15 is 0 Å². The standard InChI is InChI=1S/C22H29N5O2/c1-16-18(13-23-26(16)2)15-27-10-8-17(14-27)20-12-19(24-25-20)9-11-29-22-7-5-4-6-21(22)28-3/h4-7,12-13,17H,8-11,14-15H2,1-3H3,(H,24,25)/t17-/m1/s1. The lowest BCUT2D eigenvalue weighted by Crippen LogP contribution is -2.20. The summed E-state index contributed by atoms with van der Waals surface area (Å²) in [5.41, 5.74) is 4.81. The van der Waals surface area contributed by atoms with Crippen LogP contribution in [-0.2, 0) is 20.0 Å². The van der Waals surface area contributed by atoms with Crippen molar-refractivity contribution in [3.8, 4) is 11.5 Å². The Morgan fingerprint density at radius 1 is 1.24 bits per heavy atom. The summed E-state index contributed by atoms with van der Waals surface area (Å²) in [4.78, 5) is 2.49. The Kier molecular flexibility index (Phi) is 5.85. The Balaban J connectivity index is 1.28. The molecule has 2 aromatic heterocycles. The summed E-state index contributed by atoms with van der Waals surface area (Å²) in [7, 11) is 3.65. The minimum Gasteiger partial charge on any atom is -0.493 e. The van der Waals surface area contributed by atoms with Crippen molar-refractivity contribution in [2.75, 3.05) is 26.8 Å². The Morgan fingerprint density at radius 3 is 2.83 bits per heavy atom. The summed E-state index contributed by atoms with van der Waals surface area (Å²) >= 11 is 0. The molecule has 1 aliphatic heterocycles. The van der Waals surface area contributed by atoms with E-state index in [1.54, 1.807) is 7.11 Å². The zero-order valence-electron chi connectivity index (χ0n) is 17.4. The smallest absolute Gasteiger partial charge is 0.161 e. The molecular weight excluding hydrogens is 366 g/mol. The highest BCUT2D eigenvalue weighted by molar-refractivity contribution is 5.39. The molecule has 1 fully saturated rings. The van der Waals surface area contributed by atoms with Gasteiger partial charge in [0.2, 0.25) is 0 Å². The van der Waals surface area contributed by atoms with Crippen molar-refractivity contribution in [1.82, 2.24) is 24.9 Å². The van der Waals surface area contributed by atoms with Gasteiger partial charge >= 0.3 is 0 Å². The van der Waals surface area contributed by atoms with Gasteiger partial charge in [-0.2, -0.15) is 10.2 Å². The van der Waals surface area contributed by atoms with Crippen LogP contribution in [0.5, 0.6) is 11.5 Å². The number of nitrogens with one attached hydrogen (secondary N) is 1. The van der Waals surface area contributed by atoms with Gasteiger partial charge in [0.1, 0.15) is 0 Å². The lowest BCUT2D eigenvalue weighted by Gasteiger charge is -2.15. The van der Waals surface area contributed by atoms with E-state index in [4.69, 9.17) is 9.47 Å². The Morgan fingerprint density at radius 2 is 2.07 bits per heavy atom. The van der Waals surface area contributed by atoms with Gasteiger partial charge in [0, 0.05) is 49.4 Å². The van der Waals surface area contributed by atoms with Crippen LogP contribution >= 0.6 is 0 Å². The van der Waals surface area contributed by atoms with Crippen molar-refractivity contribution in [2.45, 2.75) is 32.2 Å². The van der Waals surface area contributed by atoms with Gasteiger partial charge in [-0.05, 0) is 38.1 Å². The maximum Gasteiger partial charge on any atom is 0.161 e. The molecule has 1 aliphatic rings. The van der Waals surface area contributed by atoms with Crippen molar-refractivity contribution in [2.24, 2.45) is 7.05 Å². The number of hydrogen-bond donors (Lipinski definition) is 1. The SMILES string of the molecule is COc1ccccc1OCCc1cc([C@@H]2CCN(Cc3cnn(C)c3C)C2)n[nH]1. The summed E-state index contributed by atoms with van der Waals surface area (Å²) in [6, 6.07) is 9.91. The lowest BCUT2D eigenvalue weighted by molar-refractivity contribution is 0.296. The predicted octanol–water partition coefficient (Wildman–Crippen LogP) is 3.07. The van der Waals surface area contributed by atoms with Crippen LogP contribution in [0.25, 0.3) is 0 Å². The van der Waals surface area contributed by atoms with Gasteiger partial charge < -0.3 is 9.47 Å². The van der Waals surface area contributed by atoms with Crippen LogP contribution in [0.1, 0.15) is 35.0 Å². The monoisotopic (exact) mass is 395 g/mol. The van der Waals surface area contributed by atoms with Crippen molar-refractivity contribution in [3.63, 3.8) is 0 Å². The summed E-state index contributed by atoms with van der Waals surface area (Å²) in [6.45, 7) is 5.80. The number of aryl methyl sites for hydroxylation is 1. The quantitative estimate of drug-likeness (QED) is 0.635. The lowest BCUT2D eigenvalue weighted by atomic mass is 10.0. The maximum atomic E-state index is 5.87. The minimum absolute atomic E-state index is 0.479. The van der Waals surface area contributed by atoms with E-state index in [-0.39, 0.29) is 0 Å². The molecule has 0 bridgehead atoms. The van der Waals surface area contributed by atoms with Gasteiger partial charge in [-0.25, -0.2) is 0 Å². The zero-order chi connectivity index (χ0) is 20.2. The number of ether oxygens (including phenoxy) is 2. The van der Waals surface area contributed by atoms with E-state index in [2.05, 4.69) is 33.2 Å². The fourth-order valence-electron chi connectivity index (χ4n) is 3.88. The second-order valence-electron chi connectivity index (χ2n) is 7.67. The first-order chi connectivity index (χ1) is 14.1. The van der Waals surface area contributed by atoms with Crippen LogP contribution in [0, 0.1) is 6.92 Å². The first-order valence-electron chi connectivity index (χ1n) is 10.1. The predicted molar refractivity (Wildman–Crippen MR) is 111 cm³/mol. The molecule has 0 aliphatic carbocycles. The molecule has 7 heteroatoms. The van der Waals surface area contributed by atoms with Gasteiger partial charge in [0.15, 0.2) is 11.5 Å². The molecule has 4 rings (SSSR count). The average Bonchev–Trinajstić information content (AvgIpc) is 3.46. The molecule has 1 N–H and O–H groups in total. The summed E-state index contributed by atoms with van der Waals surface area (Å²) < 4.78 is 13.1. The van der Waals surface area contributed by atoms with Crippen molar-refractivity contribution >= 4 is 0 Å². The molecule has 1 aromatic carbocycles. The van der Waals surface area contributed by atoms with Crippen molar-refractivity contribution in [3.05, 3.63) is 59.2 Å². The number of benzene rings is 1. The highest BCUT2D eigenvalue weighted by Crippen LogP contribution is 2.28. The van der Waals surface area contributed by atoms with Crippen LogP contribution in [0.2, 0.25) is 0 Å². The molecule has 29 heavy (non-hydrogen) atoms. The Bertz CT molecular complexity index is 948. The van der Waals surface area contributed by atoms with Crippen LogP contribution < -0.4 is 9.47 Å². The van der Waals surface area contributed by atoms with Gasteiger partial charge in [0.25, 0.3) is 0 Å². The topological polar surface area (TPSA) is 68.2 Å². The maximum absolute atomic E-state index is 5.87. The van der Waals surface area contributed by atoms with E-state index in [1.165, 1.54) is 11.3 Å². The molecule has 0 radical (unpaired) electrons. The molecule has 0 spiro atoms. The fourth-order valence-corrected chi connectivity index (χ4v) is 3.88. The number of likely N-dealkylation sites (tertiary alicyclic amines) is 1. The third-order valence-electron chi connectivity index (χ3n) is 5.77. The number of H-pyrrole nitrogens is 1. The van der Waals surface area contributed by atoms with E-state index in [9.17, 15) is 0 Å². The van der Waals surface area contributed by atoms with E-state index in [0.717, 1.165) is 55.4 Å². The molecule has 3 aromatic rings. The van der Waals surface area contributed by atoms with Gasteiger partial charge in [-0.3, -0.25) is 14.7 Å². The molecule has 0 saturated carbocycles. The van der Waals surface area contributed by atoms with Crippen LogP contribution in [0.3, 0.4) is 0 Å². The summed E-state index contributed by atoms with van der Waals surface area (Å²) in [6.07, 6.45) is 3.91. The number of rotatable bonds is 8. The molecular formula is C22H29N5O2. The molecule has 1 saturated heterocycles. The number of aromatic amines is 1. The molecule has 0 unspecified atom stereocenters. The second kappa shape index (κ2) is 8.69. The molecule has 154 valence electrons. The highest BCUT2D eigenvalue weighted by atomic mass is 16.5. The van der Waals surface area contributed by atoms with E-state index < -0.39 is 0 Å². The molecule has 0 amide bonds. The van der Waals surface area contributed by atoms with Crippen LogP contribution in [0.4, 0.5) is 0 Å². The summed E-state index contributed by atoms with van der Waals surface area (Å²) in [5.74, 6) is 2.01. The molecule has 3 heterocycles. The normalized spacial score (nSPS) is 17.0. The first-order valence-corrected chi connectivity index (χ1v) is 10.1. The fraction of sp³-hybridized carbons (Fsp3) is 0.455. The molecule has 7 nitrogen and oxygen atoms in total. The number of nitrogens with zero attached hydrogens (tertiary/aromatic N) is 4. The average molecular weight is 396 g/mol. The van der Waals surface area contributed by atoms with Gasteiger partial charge in [-0.1, -0.05) is 12.1 Å². The number of para-hydroxylation sites is 2. The van der Waals surface area contributed by atoms with Crippen LogP contribution in [-0.4, -0.2) is 51.7 Å². The minimum atomic E-state index is 0.479. The second-order valence-corrected chi connectivity index (χ2v) is 7.67. The summed E-state index contributed by atoms with van der Waals surface area (Å²) in [5, 5.41) is 12.1. The van der Waals surface area contributed by atoms with E-state index in [1.807, 2.05) is 42.2 Å². The third kappa shape index (κ3) is 4.45. The van der Waals surface area contributed by atoms with Gasteiger partial charge in [-0.15, -0.1) is 0 Å².